The Hall–Kier alpha value is -3.45. The zero-order chi connectivity index (χ0) is 22.7. The summed E-state index contributed by atoms with van der Waals surface area (Å²) in [5, 5.41) is 6.25. The van der Waals surface area contributed by atoms with Crippen LogP contribution < -0.4 is 15.4 Å². The van der Waals surface area contributed by atoms with Crippen molar-refractivity contribution in [3.05, 3.63) is 76.6 Å². The summed E-state index contributed by atoms with van der Waals surface area (Å²) < 4.78 is 19.8. The number of amides is 2. The summed E-state index contributed by atoms with van der Waals surface area (Å²) >= 11 is 6.12. The number of ether oxygens (including phenoxy) is 1. The number of aryl methyl sites for hydroxylation is 1. The number of nitrogens with zero attached hydrogens (tertiary/aromatic N) is 2. The van der Waals surface area contributed by atoms with E-state index in [9.17, 15) is 9.18 Å². The molecule has 1 aliphatic carbocycles. The lowest BCUT2D eigenvalue weighted by atomic mass is 9.91. The molecule has 2 aromatic rings. The highest BCUT2D eigenvalue weighted by atomic mass is 35.5. The Kier molecular flexibility index (Phi) is 6.37. The molecule has 2 unspecified atom stereocenters. The molecule has 8 heteroatoms. The molecule has 0 fully saturated rings. The van der Waals surface area contributed by atoms with Crippen molar-refractivity contribution < 1.29 is 13.9 Å². The molecule has 0 bridgehead atoms. The quantitative estimate of drug-likeness (QED) is 0.582. The Labute approximate surface area is 190 Å². The van der Waals surface area contributed by atoms with E-state index in [1.165, 1.54) is 12.4 Å². The van der Waals surface area contributed by atoms with Crippen molar-refractivity contribution in [1.29, 1.82) is 0 Å². The maximum atomic E-state index is 13.8. The van der Waals surface area contributed by atoms with Crippen LogP contribution in [0.4, 0.5) is 20.6 Å². The van der Waals surface area contributed by atoms with Crippen molar-refractivity contribution in [2.24, 2.45) is 15.9 Å². The van der Waals surface area contributed by atoms with E-state index in [2.05, 4.69) is 20.6 Å². The minimum absolute atomic E-state index is 0.254. The lowest BCUT2D eigenvalue weighted by Gasteiger charge is -2.26. The first-order valence-electron chi connectivity index (χ1n) is 10.2. The van der Waals surface area contributed by atoms with Crippen LogP contribution >= 0.6 is 11.6 Å². The fourth-order valence-electron chi connectivity index (χ4n) is 3.48. The minimum Gasteiger partial charge on any atom is -0.442 e. The highest BCUT2D eigenvalue weighted by molar-refractivity contribution is 6.31. The Morgan fingerprint density at radius 1 is 1.12 bits per heavy atom. The first-order chi connectivity index (χ1) is 15.4. The topological polar surface area (TPSA) is 75.1 Å². The molecule has 0 spiro atoms. The van der Waals surface area contributed by atoms with Crippen LogP contribution in [0.25, 0.3) is 0 Å². The van der Waals surface area contributed by atoms with Gasteiger partial charge in [-0.05, 0) is 73.0 Å². The number of carbonyl (C=O) groups is 1. The second-order valence-electron chi connectivity index (χ2n) is 7.48. The third-order valence-electron chi connectivity index (χ3n) is 5.22. The summed E-state index contributed by atoms with van der Waals surface area (Å²) in [4.78, 5) is 20.8. The van der Waals surface area contributed by atoms with Crippen molar-refractivity contribution in [2.75, 3.05) is 10.6 Å². The molecule has 2 aliphatic rings. The summed E-state index contributed by atoms with van der Waals surface area (Å²) in [6.45, 7) is 3.71. The molecule has 2 N–H and O–H groups in total. The first-order valence-corrected chi connectivity index (χ1v) is 10.6. The molecule has 2 atom stereocenters. The van der Waals surface area contributed by atoms with Gasteiger partial charge in [0.25, 0.3) is 0 Å². The van der Waals surface area contributed by atoms with E-state index >= 15 is 0 Å². The number of anilines is 2. The number of benzene rings is 2. The van der Waals surface area contributed by atoms with Gasteiger partial charge in [-0.25, -0.2) is 14.2 Å². The average molecular weight is 453 g/mol. The van der Waals surface area contributed by atoms with E-state index < -0.39 is 0 Å². The van der Waals surface area contributed by atoms with Gasteiger partial charge in [-0.1, -0.05) is 24.6 Å². The molecule has 0 saturated heterocycles. The number of rotatable bonds is 4. The molecule has 0 saturated carbocycles. The van der Waals surface area contributed by atoms with Gasteiger partial charge < -0.3 is 15.4 Å². The standard InChI is InChI=1S/C24H22ClFN4O2/c1-3-15-11-17(6-9-20(15)25)30-24(31)29-16-4-7-18(8-5-16)32-23-19-10-14(2)21(26)12-22(19)27-13-28-23/h4-13,19,22H,3H2,1-2H3,(H2,29,30,31). The van der Waals surface area contributed by atoms with Gasteiger partial charge in [0.05, 0.1) is 12.0 Å². The second-order valence-corrected chi connectivity index (χ2v) is 7.89. The second kappa shape index (κ2) is 9.36. The average Bonchev–Trinajstić information content (AvgIpc) is 2.77. The van der Waals surface area contributed by atoms with Crippen molar-refractivity contribution in [1.82, 2.24) is 0 Å². The van der Waals surface area contributed by atoms with E-state index in [4.69, 9.17) is 16.3 Å². The summed E-state index contributed by atoms with van der Waals surface area (Å²) in [5.41, 5.74) is 2.77. The van der Waals surface area contributed by atoms with Crippen molar-refractivity contribution >= 4 is 41.2 Å². The molecule has 4 rings (SSSR count). The molecule has 164 valence electrons. The van der Waals surface area contributed by atoms with Crippen LogP contribution in [0, 0.1) is 5.92 Å². The van der Waals surface area contributed by atoms with E-state index in [-0.39, 0.29) is 23.8 Å². The van der Waals surface area contributed by atoms with Gasteiger partial charge in [0.1, 0.15) is 17.9 Å². The van der Waals surface area contributed by atoms with Crippen LogP contribution in [-0.2, 0) is 6.42 Å². The zero-order valence-electron chi connectivity index (χ0n) is 17.6. The Morgan fingerprint density at radius 3 is 2.59 bits per heavy atom. The van der Waals surface area contributed by atoms with E-state index in [0.717, 1.165) is 12.0 Å². The van der Waals surface area contributed by atoms with E-state index in [1.807, 2.05) is 13.0 Å². The van der Waals surface area contributed by atoms with Crippen LogP contribution in [0.15, 0.2) is 76.0 Å². The molecular formula is C24H22ClFN4O2. The third kappa shape index (κ3) is 4.89. The maximum Gasteiger partial charge on any atom is 0.323 e. The van der Waals surface area contributed by atoms with Gasteiger partial charge >= 0.3 is 6.03 Å². The lowest BCUT2D eigenvalue weighted by Crippen LogP contribution is -2.33. The van der Waals surface area contributed by atoms with Gasteiger partial charge in [0.15, 0.2) is 0 Å². The van der Waals surface area contributed by atoms with Crippen LogP contribution in [0.5, 0.6) is 5.75 Å². The van der Waals surface area contributed by atoms with Crippen molar-refractivity contribution in [3.8, 4) is 5.75 Å². The van der Waals surface area contributed by atoms with Crippen LogP contribution in [0.3, 0.4) is 0 Å². The number of fused-ring (bicyclic) bond motifs is 1. The van der Waals surface area contributed by atoms with Gasteiger partial charge in [-0.3, -0.25) is 4.99 Å². The molecule has 6 nitrogen and oxygen atoms in total. The highest BCUT2D eigenvalue weighted by Crippen LogP contribution is 2.30. The molecule has 2 aromatic carbocycles. The van der Waals surface area contributed by atoms with Gasteiger partial charge in [-0.2, -0.15) is 0 Å². The summed E-state index contributed by atoms with van der Waals surface area (Å²) in [6, 6.07) is 11.5. The van der Waals surface area contributed by atoms with Gasteiger partial charge in [0.2, 0.25) is 5.90 Å². The highest BCUT2D eigenvalue weighted by Gasteiger charge is 2.31. The fourth-order valence-corrected chi connectivity index (χ4v) is 3.73. The third-order valence-corrected chi connectivity index (χ3v) is 5.59. The molecule has 0 radical (unpaired) electrons. The molecule has 2 amide bonds. The number of aliphatic imine (C=N–C) groups is 2. The molecule has 0 aromatic heterocycles. The van der Waals surface area contributed by atoms with Gasteiger partial charge in [0, 0.05) is 16.4 Å². The number of nitrogens with one attached hydrogen (secondary N) is 2. The molecular weight excluding hydrogens is 431 g/mol. The number of hydrogen-bond acceptors (Lipinski definition) is 4. The number of carbonyl (C=O) groups excluding carboxylic acids is 1. The molecule has 1 heterocycles. The lowest BCUT2D eigenvalue weighted by molar-refractivity contribution is 0.262. The number of urea groups is 1. The predicted octanol–water partition coefficient (Wildman–Crippen LogP) is 6.16. The summed E-state index contributed by atoms with van der Waals surface area (Å²) in [6.07, 6.45) is 5.41. The van der Waals surface area contributed by atoms with Gasteiger partial charge in [-0.15, -0.1) is 0 Å². The van der Waals surface area contributed by atoms with Crippen LogP contribution in [-0.4, -0.2) is 24.3 Å². The number of allylic oxidation sites excluding steroid dienone is 2. The summed E-state index contributed by atoms with van der Waals surface area (Å²) in [5.74, 6) is 0.467. The normalized spacial score (nSPS) is 19.3. The predicted molar refractivity (Wildman–Crippen MR) is 127 cm³/mol. The van der Waals surface area contributed by atoms with Crippen molar-refractivity contribution in [3.63, 3.8) is 0 Å². The SMILES string of the molecule is CCc1cc(NC(=O)Nc2ccc(OC3=NC=NC4C=C(F)C(C)=CC34)cc2)ccc1Cl. The number of hydrogen-bond donors (Lipinski definition) is 2. The Balaban J connectivity index is 1.38. The van der Waals surface area contributed by atoms with Crippen molar-refractivity contribution in [2.45, 2.75) is 26.3 Å². The smallest absolute Gasteiger partial charge is 0.323 e. The monoisotopic (exact) mass is 452 g/mol. The summed E-state index contributed by atoms with van der Waals surface area (Å²) in [7, 11) is 0. The number of halogens is 2. The fraction of sp³-hybridized carbons (Fsp3) is 0.208. The Bertz CT molecular complexity index is 1160. The van der Waals surface area contributed by atoms with Crippen LogP contribution in [0.2, 0.25) is 5.02 Å². The maximum absolute atomic E-state index is 13.8. The zero-order valence-corrected chi connectivity index (χ0v) is 18.4. The van der Waals surface area contributed by atoms with E-state index in [0.29, 0.717) is 33.6 Å². The first kappa shape index (κ1) is 21.8. The van der Waals surface area contributed by atoms with Crippen LogP contribution in [0.1, 0.15) is 19.4 Å². The Morgan fingerprint density at radius 2 is 1.84 bits per heavy atom. The largest absolute Gasteiger partial charge is 0.442 e. The molecule has 32 heavy (non-hydrogen) atoms. The minimum atomic E-state index is -0.365. The molecule has 1 aliphatic heterocycles. The van der Waals surface area contributed by atoms with E-state index in [1.54, 1.807) is 49.4 Å².